The zero-order valence-corrected chi connectivity index (χ0v) is 13.3. The van der Waals surface area contributed by atoms with Crippen LogP contribution in [0.4, 0.5) is 4.39 Å². The number of piperidine rings is 1. The molecule has 1 atom stereocenters. The summed E-state index contributed by atoms with van der Waals surface area (Å²) in [5.41, 5.74) is 0.239. The number of nitrogens with one attached hydrogen (secondary N) is 1. The summed E-state index contributed by atoms with van der Waals surface area (Å²) in [4.78, 5) is 24.0. The molecule has 1 N–H and O–H groups in total. The van der Waals surface area contributed by atoms with Crippen molar-refractivity contribution in [3.63, 3.8) is 0 Å². The first kappa shape index (κ1) is 17.6. The smallest absolute Gasteiger partial charge is 0.165 e. The standard InChI is InChI=1S/C17H23FN2O3/c1-20(14-4-7-19-8-5-14)9-6-15(12-22)23-17-3-2-13(11-21)10-16(17)18/h2-3,10-12,14-15,19H,4-9H2,1H3. The molecule has 23 heavy (non-hydrogen) atoms. The highest BCUT2D eigenvalue weighted by Crippen LogP contribution is 2.20. The van der Waals surface area contributed by atoms with E-state index >= 15 is 0 Å². The Morgan fingerprint density at radius 2 is 2.13 bits per heavy atom. The van der Waals surface area contributed by atoms with Crippen LogP contribution in [0.15, 0.2) is 18.2 Å². The third kappa shape index (κ3) is 5.11. The Hall–Kier alpha value is -1.79. The van der Waals surface area contributed by atoms with E-state index in [-0.39, 0.29) is 11.3 Å². The molecule has 5 nitrogen and oxygen atoms in total. The molecular weight excluding hydrogens is 299 g/mol. The molecule has 0 aromatic heterocycles. The minimum absolute atomic E-state index is 0.00257. The molecule has 0 spiro atoms. The van der Waals surface area contributed by atoms with E-state index in [1.807, 2.05) is 7.05 Å². The van der Waals surface area contributed by atoms with Crippen LogP contribution >= 0.6 is 0 Å². The molecule has 1 aromatic carbocycles. The van der Waals surface area contributed by atoms with Gasteiger partial charge in [0.15, 0.2) is 24.0 Å². The van der Waals surface area contributed by atoms with Gasteiger partial charge in [0.05, 0.1) is 0 Å². The van der Waals surface area contributed by atoms with Crippen molar-refractivity contribution in [1.29, 1.82) is 0 Å². The molecule has 0 radical (unpaired) electrons. The van der Waals surface area contributed by atoms with Crippen molar-refractivity contribution in [1.82, 2.24) is 10.2 Å². The van der Waals surface area contributed by atoms with Gasteiger partial charge in [0, 0.05) is 24.6 Å². The van der Waals surface area contributed by atoms with Crippen molar-refractivity contribution >= 4 is 12.6 Å². The molecule has 0 bridgehead atoms. The second kappa shape index (κ2) is 8.74. The lowest BCUT2D eigenvalue weighted by Crippen LogP contribution is -2.42. The Labute approximate surface area is 135 Å². The Kier molecular flexibility index (Phi) is 6.67. The van der Waals surface area contributed by atoms with Crippen molar-refractivity contribution in [2.24, 2.45) is 0 Å². The fourth-order valence-electron chi connectivity index (χ4n) is 2.76. The number of nitrogens with zero attached hydrogens (tertiary/aromatic N) is 1. The first-order chi connectivity index (χ1) is 11.1. The van der Waals surface area contributed by atoms with Gasteiger partial charge in [-0.25, -0.2) is 4.39 Å². The number of rotatable bonds is 8. The lowest BCUT2D eigenvalue weighted by molar-refractivity contribution is -0.114. The van der Waals surface area contributed by atoms with Crippen LogP contribution in [-0.4, -0.2) is 56.3 Å². The monoisotopic (exact) mass is 322 g/mol. The zero-order chi connectivity index (χ0) is 16.7. The van der Waals surface area contributed by atoms with Crippen molar-refractivity contribution in [2.45, 2.75) is 31.4 Å². The van der Waals surface area contributed by atoms with E-state index in [1.54, 1.807) is 0 Å². The van der Waals surface area contributed by atoms with Crippen LogP contribution in [0.2, 0.25) is 0 Å². The molecule has 6 heteroatoms. The van der Waals surface area contributed by atoms with Gasteiger partial charge >= 0.3 is 0 Å². The number of carbonyl (C=O) groups excluding carboxylic acids is 2. The third-order valence-electron chi connectivity index (χ3n) is 4.22. The van der Waals surface area contributed by atoms with E-state index in [0.29, 0.717) is 31.6 Å². The van der Waals surface area contributed by atoms with Crippen molar-refractivity contribution in [3.8, 4) is 5.75 Å². The number of aldehydes is 2. The van der Waals surface area contributed by atoms with Crippen molar-refractivity contribution in [3.05, 3.63) is 29.6 Å². The molecule has 0 amide bonds. The summed E-state index contributed by atoms with van der Waals surface area (Å²) in [5, 5.41) is 3.32. The number of carbonyl (C=O) groups is 2. The van der Waals surface area contributed by atoms with Gasteiger partial charge in [-0.1, -0.05) is 0 Å². The van der Waals surface area contributed by atoms with Gasteiger partial charge in [0.1, 0.15) is 6.29 Å². The van der Waals surface area contributed by atoms with E-state index in [9.17, 15) is 14.0 Å². The average Bonchev–Trinajstić information content (AvgIpc) is 2.60. The SMILES string of the molecule is CN(CCC(C=O)Oc1ccc(C=O)cc1F)C1CCNCC1. The molecule has 1 fully saturated rings. The van der Waals surface area contributed by atoms with Gasteiger partial charge in [0.2, 0.25) is 0 Å². The molecule has 2 rings (SSSR count). The van der Waals surface area contributed by atoms with Crippen LogP contribution in [0, 0.1) is 5.82 Å². The predicted molar refractivity (Wildman–Crippen MR) is 85.4 cm³/mol. The highest BCUT2D eigenvalue weighted by Gasteiger charge is 2.19. The Morgan fingerprint density at radius 1 is 1.39 bits per heavy atom. The van der Waals surface area contributed by atoms with Gasteiger partial charge in [0.25, 0.3) is 0 Å². The van der Waals surface area contributed by atoms with E-state index in [1.165, 1.54) is 12.1 Å². The molecule has 1 aliphatic heterocycles. The van der Waals surface area contributed by atoms with Crippen LogP contribution < -0.4 is 10.1 Å². The van der Waals surface area contributed by atoms with Crippen LogP contribution in [0.3, 0.4) is 0 Å². The topological polar surface area (TPSA) is 58.6 Å². The molecule has 1 aromatic rings. The Morgan fingerprint density at radius 3 is 2.74 bits per heavy atom. The van der Waals surface area contributed by atoms with Crippen molar-refractivity contribution in [2.75, 3.05) is 26.7 Å². The summed E-state index contributed by atoms with van der Waals surface area (Å²) >= 11 is 0. The summed E-state index contributed by atoms with van der Waals surface area (Å²) in [6, 6.07) is 4.46. The number of halogens is 1. The fraction of sp³-hybridized carbons (Fsp3) is 0.529. The fourth-order valence-corrected chi connectivity index (χ4v) is 2.76. The molecule has 1 saturated heterocycles. The van der Waals surface area contributed by atoms with Crippen LogP contribution in [0.5, 0.6) is 5.75 Å². The molecule has 0 saturated carbocycles. The van der Waals surface area contributed by atoms with Gasteiger partial charge in [-0.2, -0.15) is 0 Å². The summed E-state index contributed by atoms with van der Waals surface area (Å²) in [7, 11) is 2.04. The maximum absolute atomic E-state index is 13.8. The zero-order valence-electron chi connectivity index (χ0n) is 13.3. The molecule has 126 valence electrons. The second-order valence-corrected chi connectivity index (χ2v) is 5.85. The Bertz CT molecular complexity index is 533. The molecular formula is C17H23FN2O3. The first-order valence-electron chi connectivity index (χ1n) is 7.91. The van der Waals surface area contributed by atoms with Crippen LogP contribution in [-0.2, 0) is 4.79 Å². The number of hydrogen-bond acceptors (Lipinski definition) is 5. The summed E-state index contributed by atoms with van der Waals surface area (Å²) in [5.74, 6) is -0.634. The maximum atomic E-state index is 13.8. The van der Waals surface area contributed by atoms with E-state index in [4.69, 9.17) is 4.74 Å². The highest BCUT2D eigenvalue weighted by atomic mass is 19.1. The molecule has 1 heterocycles. The van der Waals surface area contributed by atoms with Crippen LogP contribution in [0.25, 0.3) is 0 Å². The summed E-state index contributed by atoms with van der Waals surface area (Å²) < 4.78 is 19.2. The number of hydrogen-bond donors (Lipinski definition) is 1. The summed E-state index contributed by atoms with van der Waals surface area (Å²) in [6.45, 7) is 2.73. The van der Waals surface area contributed by atoms with Crippen LogP contribution in [0.1, 0.15) is 29.6 Å². The normalized spacial score (nSPS) is 17.0. The minimum atomic E-state index is -0.698. The lowest BCUT2D eigenvalue weighted by atomic mass is 10.0. The second-order valence-electron chi connectivity index (χ2n) is 5.85. The number of ether oxygens (including phenoxy) is 1. The van der Waals surface area contributed by atoms with Gasteiger partial charge in [-0.15, -0.1) is 0 Å². The maximum Gasteiger partial charge on any atom is 0.165 e. The minimum Gasteiger partial charge on any atom is -0.480 e. The van der Waals surface area contributed by atoms with E-state index in [2.05, 4.69) is 10.2 Å². The lowest BCUT2D eigenvalue weighted by Gasteiger charge is -2.32. The first-order valence-corrected chi connectivity index (χ1v) is 7.91. The number of benzene rings is 1. The molecule has 1 aliphatic rings. The largest absolute Gasteiger partial charge is 0.480 e. The van der Waals surface area contributed by atoms with Gasteiger partial charge in [-0.3, -0.25) is 9.59 Å². The molecule has 1 unspecified atom stereocenters. The summed E-state index contributed by atoms with van der Waals surface area (Å²) in [6.07, 6.45) is 3.24. The highest BCUT2D eigenvalue weighted by molar-refractivity contribution is 5.75. The third-order valence-corrected chi connectivity index (χ3v) is 4.22. The quantitative estimate of drug-likeness (QED) is 0.738. The predicted octanol–water partition coefficient (Wildman–Crippen LogP) is 1.66. The van der Waals surface area contributed by atoms with E-state index < -0.39 is 11.9 Å². The van der Waals surface area contributed by atoms with Gasteiger partial charge < -0.3 is 15.0 Å². The van der Waals surface area contributed by atoms with E-state index in [0.717, 1.165) is 32.0 Å². The molecule has 0 aliphatic carbocycles. The van der Waals surface area contributed by atoms with Gasteiger partial charge in [-0.05, 0) is 51.2 Å². The Balaban J connectivity index is 1.87. The van der Waals surface area contributed by atoms with Crippen molar-refractivity contribution < 1.29 is 18.7 Å². The average molecular weight is 322 g/mol.